The SMILES string of the molecule is C=C(/C=C\C(F)=C/C)N1C(=O)c2[nH]nc(-c3ccccc3)c2C1c1ccccc1OC. The molecule has 1 amide bonds. The lowest BCUT2D eigenvalue weighted by Gasteiger charge is -2.27. The summed E-state index contributed by atoms with van der Waals surface area (Å²) in [5.74, 6) is -0.0577. The van der Waals surface area contributed by atoms with E-state index < -0.39 is 11.9 Å². The molecule has 1 aliphatic heterocycles. The maximum absolute atomic E-state index is 13.7. The molecule has 1 unspecified atom stereocenters. The van der Waals surface area contributed by atoms with Crippen molar-refractivity contribution in [1.29, 1.82) is 0 Å². The highest BCUT2D eigenvalue weighted by Crippen LogP contribution is 2.46. The average Bonchev–Trinajstić information content (AvgIpc) is 3.36. The summed E-state index contributed by atoms with van der Waals surface area (Å²) in [7, 11) is 1.59. The van der Waals surface area contributed by atoms with Crippen LogP contribution in [0.1, 0.15) is 34.6 Å². The molecular weight excluding hydrogens is 393 g/mol. The lowest BCUT2D eigenvalue weighted by Crippen LogP contribution is -2.28. The van der Waals surface area contributed by atoms with E-state index in [0.29, 0.717) is 22.8 Å². The molecule has 1 atom stereocenters. The van der Waals surface area contributed by atoms with Gasteiger partial charge in [-0.1, -0.05) is 61.2 Å². The number of hydrogen-bond acceptors (Lipinski definition) is 3. The first-order valence-electron chi connectivity index (χ1n) is 9.85. The van der Waals surface area contributed by atoms with E-state index in [9.17, 15) is 9.18 Å². The highest BCUT2D eigenvalue weighted by Gasteiger charge is 2.44. The number of nitrogens with zero attached hydrogens (tertiary/aromatic N) is 2. The molecule has 1 N–H and O–H groups in total. The largest absolute Gasteiger partial charge is 0.496 e. The van der Waals surface area contributed by atoms with Crippen molar-refractivity contribution < 1.29 is 13.9 Å². The number of carbonyl (C=O) groups excluding carboxylic acids is 1. The highest BCUT2D eigenvalue weighted by molar-refractivity contribution is 6.01. The Morgan fingerprint density at radius 1 is 1.16 bits per heavy atom. The number of rotatable bonds is 6. The molecule has 5 nitrogen and oxygen atoms in total. The van der Waals surface area contributed by atoms with Crippen LogP contribution in [0.5, 0.6) is 5.75 Å². The molecule has 0 saturated carbocycles. The van der Waals surface area contributed by atoms with Crippen molar-refractivity contribution in [2.75, 3.05) is 7.11 Å². The van der Waals surface area contributed by atoms with Crippen molar-refractivity contribution in [2.24, 2.45) is 0 Å². The van der Waals surface area contributed by atoms with Crippen LogP contribution in [-0.4, -0.2) is 28.1 Å². The van der Waals surface area contributed by atoms with Gasteiger partial charge >= 0.3 is 0 Å². The van der Waals surface area contributed by atoms with Crippen LogP contribution in [0.3, 0.4) is 0 Å². The zero-order chi connectivity index (χ0) is 22.0. The zero-order valence-corrected chi connectivity index (χ0v) is 17.3. The fourth-order valence-corrected chi connectivity index (χ4v) is 3.80. The van der Waals surface area contributed by atoms with Crippen LogP contribution < -0.4 is 4.74 Å². The second-order valence-electron chi connectivity index (χ2n) is 7.04. The van der Waals surface area contributed by atoms with Gasteiger partial charge in [0.05, 0.1) is 18.8 Å². The molecule has 0 bridgehead atoms. The molecule has 2 heterocycles. The number of fused-ring (bicyclic) bond motifs is 1. The number of aromatic nitrogens is 2. The number of H-pyrrole nitrogens is 1. The second kappa shape index (κ2) is 8.44. The fraction of sp³-hybridized carbons (Fsp3) is 0.120. The maximum Gasteiger partial charge on any atom is 0.277 e. The molecule has 0 spiro atoms. The molecule has 156 valence electrons. The van der Waals surface area contributed by atoms with E-state index in [2.05, 4.69) is 16.8 Å². The van der Waals surface area contributed by atoms with E-state index in [1.807, 2.05) is 54.6 Å². The molecule has 1 aliphatic rings. The normalized spacial score (nSPS) is 16.1. The van der Waals surface area contributed by atoms with Crippen molar-refractivity contribution in [3.8, 4) is 17.0 Å². The Labute approximate surface area is 180 Å². The van der Waals surface area contributed by atoms with E-state index in [1.54, 1.807) is 18.9 Å². The summed E-state index contributed by atoms with van der Waals surface area (Å²) in [5.41, 5.74) is 3.84. The summed E-state index contributed by atoms with van der Waals surface area (Å²) in [5, 5.41) is 7.34. The predicted molar refractivity (Wildman–Crippen MR) is 118 cm³/mol. The standard InChI is InChI=1S/C25H22FN3O2/c1-4-18(26)15-14-16(2)29-24(19-12-8-9-13-20(19)31-3)21-22(17-10-6-5-7-11-17)27-28-23(21)25(29)30/h4-15,24H,2H2,1,3H3,(H,27,28)/b15-14-,18-4+. The van der Waals surface area contributed by atoms with Gasteiger partial charge in [0, 0.05) is 22.4 Å². The number of halogens is 1. The topological polar surface area (TPSA) is 58.2 Å². The van der Waals surface area contributed by atoms with Gasteiger partial charge in [-0.2, -0.15) is 5.10 Å². The molecule has 4 rings (SSSR count). The first-order chi connectivity index (χ1) is 15.1. The third kappa shape index (κ3) is 3.57. The number of amides is 1. The van der Waals surface area contributed by atoms with Crippen LogP contribution in [0.25, 0.3) is 11.3 Å². The average molecular weight is 415 g/mol. The van der Waals surface area contributed by atoms with Crippen molar-refractivity contribution in [1.82, 2.24) is 15.1 Å². The summed E-state index contributed by atoms with van der Waals surface area (Å²) in [6, 6.07) is 16.6. The number of methoxy groups -OCH3 is 1. The van der Waals surface area contributed by atoms with E-state index in [0.717, 1.165) is 16.7 Å². The number of nitrogens with one attached hydrogen (secondary N) is 1. The van der Waals surface area contributed by atoms with Gasteiger partial charge in [-0.25, -0.2) is 4.39 Å². The summed E-state index contributed by atoms with van der Waals surface area (Å²) in [4.78, 5) is 14.9. The van der Waals surface area contributed by atoms with Crippen LogP contribution >= 0.6 is 0 Å². The number of aromatic amines is 1. The van der Waals surface area contributed by atoms with Crippen LogP contribution in [0, 0.1) is 0 Å². The van der Waals surface area contributed by atoms with Crippen LogP contribution in [0.4, 0.5) is 4.39 Å². The first kappa shape index (κ1) is 20.3. The zero-order valence-electron chi connectivity index (χ0n) is 17.3. The van der Waals surface area contributed by atoms with Crippen molar-refractivity contribution >= 4 is 5.91 Å². The first-order valence-corrected chi connectivity index (χ1v) is 9.85. The van der Waals surface area contributed by atoms with E-state index >= 15 is 0 Å². The molecular formula is C25H22FN3O2. The summed E-state index contributed by atoms with van der Waals surface area (Å²) < 4.78 is 19.3. The van der Waals surface area contributed by atoms with Gasteiger partial charge in [0.2, 0.25) is 0 Å². The molecule has 0 radical (unpaired) electrons. The van der Waals surface area contributed by atoms with Gasteiger partial charge in [-0.15, -0.1) is 0 Å². The number of para-hydroxylation sites is 1. The molecule has 31 heavy (non-hydrogen) atoms. The van der Waals surface area contributed by atoms with E-state index in [1.165, 1.54) is 18.2 Å². The third-order valence-electron chi connectivity index (χ3n) is 5.27. The van der Waals surface area contributed by atoms with E-state index in [-0.39, 0.29) is 5.91 Å². The van der Waals surface area contributed by atoms with Gasteiger partial charge in [0.25, 0.3) is 5.91 Å². The maximum atomic E-state index is 13.7. The Hall–Kier alpha value is -3.93. The lowest BCUT2D eigenvalue weighted by molar-refractivity contribution is 0.0804. The van der Waals surface area contributed by atoms with Crippen LogP contribution in [0.2, 0.25) is 0 Å². The number of allylic oxidation sites excluding steroid dienone is 4. The predicted octanol–water partition coefficient (Wildman–Crippen LogP) is 5.57. The third-order valence-corrected chi connectivity index (χ3v) is 5.27. The Balaban J connectivity index is 1.90. The quantitative estimate of drug-likeness (QED) is 0.535. The molecule has 3 aromatic rings. The minimum Gasteiger partial charge on any atom is -0.496 e. The minimum absolute atomic E-state index is 0.281. The Morgan fingerprint density at radius 2 is 1.87 bits per heavy atom. The van der Waals surface area contributed by atoms with Crippen LogP contribution in [-0.2, 0) is 0 Å². The highest BCUT2D eigenvalue weighted by atomic mass is 19.1. The van der Waals surface area contributed by atoms with Crippen molar-refractivity contribution in [3.05, 3.63) is 108 Å². The van der Waals surface area contributed by atoms with Gasteiger partial charge < -0.3 is 4.74 Å². The number of ether oxygens (including phenoxy) is 1. The monoisotopic (exact) mass is 415 g/mol. The number of carbonyl (C=O) groups is 1. The van der Waals surface area contributed by atoms with Gasteiger partial charge in [0.15, 0.2) is 0 Å². The minimum atomic E-state index is -0.529. The summed E-state index contributed by atoms with van der Waals surface area (Å²) >= 11 is 0. The van der Waals surface area contributed by atoms with E-state index in [4.69, 9.17) is 4.74 Å². The summed E-state index contributed by atoms with van der Waals surface area (Å²) in [6.45, 7) is 5.64. The number of benzene rings is 2. The fourth-order valence-electron chi connectivity index (χ4n) is 3.80. The van der Waals surface area contributed by atoms with Gasteiger partial charge in [-0.05, 0) is 25.1 Å². The van der Waals surface area contributed by atoms with Gasteiger partial charge in [0.1, 0.15) is 17.3 Å². The Morgan fingerprint density at radius 3 is 2.58 bits per heavy atom. The number of hydrogen-bond donors (Lipinski definition) is 1. The lowest BCUT2D eigenvalue weighted by atomic mass is 9.95. The Bertz CT molecular complexity index is 1190. The summed E-state index contributed by atoms with van der Waals surface area (Å²) in [6.07, 6.45) is 4.13. The van der Waals surface area contributed by atoms with Crippen molar-refractivity contribution in [2.45, 2.75) is 13.0 Å². The van der Waals surface area contributed by atoms with Crippen LogP contribution in [0.15, 0.2) is 90.9 Å². The van der Waals surface area contributed by atoms with Crippen molar-refractivity contribution in [3.63, 3.8) is 0 Å². The smallest absolute Gasteiger partial charge is 0.277 e. The molecule has 0 aliphatic carbocycles. The van der Waals surface area contributed by atoms with Gasteiger partial charge in [-0.3, -0.25) is 14.8 Å². The molecule has 2 aromatic carbocycles. The molecule has 0 saturated heterocycles. The molecule has 0 fully saturated rings. The molecule has 6 heteroatoms. The second-order valence-corrected chi connectivity index (χ2v) is 7.04. The molecule has 1 aromatic heterocycles. The Kier molecular flexibility index (Phi) is 5.54.